The topological polar surface area (TPSA) is 40.5 Å². The molecule has 82 valence electrons. The molecule has 0 aromatic carbocycles. The molecule has 0 unspecified atom stereocenters. The van der Waals surface area contributed by atoms with E-state index in [1.807, 2.05) is 6.92 Å². The van der Waals surface area contributed by atoms with Gasteiger partial charge in [0, 0.05) is 13.6 Å². The fourth-order valence-corrected chi connectivity index (χ4v) is 1.44. The van der Waals surface area contributed by atoms with Crippen molar-refractivity contribution in [3.63, 3.8) is 0 Å². The standard InChI is InChI=1S/C11H21NO2/c1-4-10(11(5-2)8-13)6-7-12(3)9-14/h9,13H,4-8H2,1-3H3/b11-10+. The Bertz CT molecular complexity index is 193. The first-order valence-corrected chi connectivity index (χ1v) is 5.15. The van der Waals surface area contributed by atoms with E-state index < -0.39 is 0 Å². The van der Waals surface area contributed by atoms with E-state index in [4.69, 9.17) is 5.11 Å². The second-order valence-corrected chi connectivity index (χ2v) is 3.41. The van der Waals surface area contributed by atoms with Crippen LogP contribution in [0.1, 0.15) is 33.1 Å². The Balaban J connectivity index is 4.26. The monoisotopic (exact) mass is 199 g/mol. The highest BCUT2D eigenvalue weighted by molar-refractivity contribution is 5.46. The highest BCUT2D eigenvalue weighted by Crippen LogP contribution is 2.15. The van der Waals surface area contributed by atoms with E-state index in [0.717, 1.165) is 37.8 Å². The van der Waals surface area contributed by atoms with Crippen LogP contribution in [0.5, 0.6) is 0 Å². The number of aliphatic hydroxyl groups excluding tert-OH is 1. The van der Waals surface area contributed by atoms with Crippen molar-refractivity contribution in [3.05, 3.63) is 11.1 Å². The summed E-state index contributed by atoms with van der Waals surface area (Å²) in [7, 11) is 1.77. The van der Waals surface area contributed by atoms with E-state index >= 15 is 0 Å². The Morgan fingerprint density at radius 2 is 1.86 bits per heavy atom. The molecule has 0 heterocycles. The van der Waals surface area contributed by atoms with Crippen LogP contribution < -0.4 is 0 Å². The minimum atomic E-state index is 0.143. The fourth-order valence-electron chi connectivity index (χ4n) is 1.44. The largest absolute Gasteiger partial charge is 0.392 e. The van der Waals surface area contributed by atoms with E-state index in [9.17, 15) is 4.79 Å². The molecule has 0 aromatic heterocycles. The van der Waals surface area contributed by atoms with Crippen LogP contribution in [0.4, 0.5) is 0 Å². The zero-order valence-electron chi connectivity index (χ0n) is 9.42. The van der Waals surface area contributed by atoms with Crippen molar-refractivity contribution in [1.82, 2.24) is 4.90 Å². The van der Waals surface area contributed by atoms with Gasteiger partial charge in [-0.2, -0.15) is 0 Å². The van der Waals surface area contributed by atoms with Gasteiger partial charge in [0.1, 0.15) is 0 Å². The Morgan fingerprint density at radius 3 is 2.21 bits per heavy atom. The number of nitrogens with zero attached hydrogens (tertiary/aromatic N) is 1. The molecule has 0 atom stereocenters. The minimum Gasteiger partial charge on any atom is -0.392 e. The molecule has 3 nitrogen and oxygen atoms in total. The molecule has 0 bridgehead atoms. The second-order valence-electron chi connectivity index (χ2n) is 3.41. The number of hydrogen-bond donors (Lipinski definition) is 1. The summed E-state index contributed by atoms with van der Waals surface area (Å²) in [5.41, 5.74) is 2.40. The fraction of sp³-hybridized carbons (Fsp3) is 0.727. The Morgan fingerprint density at radius 1 is 1.29 bits per heavy atom. The maximum Gasteiger partial charge on any atom is 0.209 e. The molecular weight excluding hydrogens is 178 g/mol. The maximum atomic E-state index is 10.4. The summed E-state index contributed by atoms with van der Waals surface area (Å²) >= 11 is 0. The molecule has 0 saturated heterocycles. The number of carbonyl (C=O) groups excluding carboxylic acids is 1. The third kappa shape index (κ3) is 4.42. The van der Waals surface area contributed by atoms with Crippen LogP contribution in [-0.4, -0.2) is 36.6 Å². The lowest BCUT2D eigenvalue weighted by Crippen LogP contribution is -2.18. The van der Waals surface area contributed by atoms with Crippen LogP contribution in [0.25, 0.3) is 0 Å². The van der Waals surface area contributed by atoms with Crippen molar-refractivity contribution >= 4 is 6.41 Å². The lowest BCUT2D eigenvalue weighted by Gasteiger charge is -2.14. The average Bonchev–Trinajstić information content (AvgIpc) is 2.23. The molecule has 0 aliphatic heterocycles. The Kier molecular flexibility index (Phi) is 7.11. The number of carbonyl (C=O) groups is 1. The molecule has 0 aliphatic rings. The minimum absolute atomic E-state index is 0.143. The second kappa shape index (κ2) is 7.56. The smallest absolute Gasteiger partial charge is 0.209 e. The van der Waals surface area contributed by atoms with Crippen LogP contribution >= 0.6 is 0 Å². The van der Waals surface area contributed by atoms with Gasteiger partial charge < -0.3 is 10.0 Å². The van der Waals surface area contributed by atoms with Crippen LogP contribution in [-0.2, 0) is 4.79 Å². The van der Waals surface area contributed by atoms with E-state index in [1.54, 1.807) is 11.9 Å². The van der Waals surface area contributed by atoms with Crippen molar-refractivity contribution in [2.24, 2.45) is 0 Å². The summed E-state index contributed by atoms with van der Waals surface area (Å²) in [5.74, 6) is 0. The molecule has 0 spiro atoms. The lowest BCUT2D eigenvalue weighted by atomic mass is 10.0. The van der Waals surface area contributed by atoms with E-state index in [1.165, 1.54) is 5.57 Å². The van der Waals surface area contributed by atoms with Gasteiger partial charge in [-0.15, -0.1) is 0 Å². The molecule has 0 aliphatic carbocycles. The van der Waals surface area contributed by atoms with Gasteiger partial charge >= 0.3 is 0 Å². The van der Waals surface area contributed by atoms with Gasteiger partial charge in [-0.05, 0) is 24.8 Å². The van der Waals surface area contributed by atoms with Gasteiger partial charge in [-0.25, -0.2) is 0 Å². The lowest BCUT2D eigenvalue weighted by molar-refractivity contribution is -0.116. The molecule has 14 heavy (non-hydrogen) atoms. The molecule has 1 amide bonds. The molecule has 0 saturated carbocycles. The molecule has 0 aromatic rings. The third-order valence-corrected chi connectivity index (χ3v) is 2.49. The van der Waals surface area contributed by atoms with Gasteiger partial charge in [0.15, 0.2) is 0 Å². The molecule has 1 N–H and O–H groups in total. The first kappa shape index (κ1) is 13.2. The summed E-state index contributed by atoms with van der Waals surface area (Å²) in [6.07, 6.45) is 3.55. The summed E-state index contributed by atoms with van der Waals surface area (Å²) in [4.78, 5) is 12.0. The van der Waals surface area contributed by atoms with Crippen molar-refractivity contribution in [1.29, 1.82) is 0 Å². The van der Waals surface area contributed by atoms with E-state index in [0.29, 0.717) is 0 Å². The Hall–Kier alpha value is -0.830. The Labute approximate surface area is 86.4 Å². The van der Waals surface area contributed by atoms with Gasteiger partial charge in [-0.1, -0.05) is 19.4 Å². The van der Waals surface area contributed by atoms with Gasteiger partial charge in [0.05, 0.1) is 6.61 Å². The van der Waals surface area contributed by atoms with E-state index in [-0.39, 0.29) is 6.61 Å². The SMILES string of the molecule is CC/C(CO)=C(/CC)CCN(C)C=O. The third-order valence-electron chi connectivity index (χ3n) is 2.49. The maximum absolute atomic E-state index is 10.4. The first-order chi connectivity index (χ1) is 6.69. The summed E-state index contributed by atoms with van der Waals surface area (Å²) in [5, 5.41) is 9.11. The van der Waals surface area contributed by atoms with Gasteiger partial charge in [0.2, 0.25) is 6.41 Å². The predicted molar refractivity (Wildman–Crippen MR) is 58.0 cm³/mol. The molecule has 3 heteroatoms. The quantitative estimate of drug-likeness (QED) is 0.499. The first-order valence-electron chi connectivity index (χ1n) is 5.15. The number of hydrogen-bond acceptors (Lipinski definition) is 2. The van der Waals surface area contributed by atoms with Crippen molar-refractivity contribution in [3.8, 4) is 0 Å². The highest BCUT2D eigenvalue weighted by atomic mass is 16.3. The number of rotatable bonds is 7. The molecule has 0 fully saturated rings. The van der Waals surface area contributed by atoms with E-state index in [2.05, 4.69) is 6.92 Å². The average molecular weight is 199 g/mol. The number of aliphatic hydroxyl groups is 1. The number of amides is 1. The molecular formula is C11H21NO2. The highest BCUT2D eigenvalue weighted by Gasteiger charge is 2.03. The summed E-state index contributed by atoms with van der Waals surface area (Å²) in [6, 6.07) is 0. The van der Waals surface area contributed by atoms with Crippen molar-refractivity contribution < 1.29 is 9.90 Å². The molecule has 0 rings (SSSR count). The van der Waals surface area contributed by atoms with Gasteiger partial charge in [-0.3, -0.25) is 4.79 Å². The molecule has 0 radical (unpaired) electrons. The van der Waals surface area contributed by atoms with Crippen LogP contribution in [0.3, 0.4) is 0 Å². The zero-order valence-corrected chi connectivity index (χ0v) is 9.42. The van der Waals surface area contributed by atoms with Crippen molar-refractivity contribution in [2.45, 2.75) is 33.1 Å². The van der Waals surface area contributed by atoms with Crippen LogP contribution in [0.2, 0.25) is 0 Å². The van der Waals surface area contributed by atoms with Crippen molar-refractivity contribution in [2.75, 3.05) is 20.2 Å². The summed E-state index contributed by atoms with van der Waals surface area (Å²) in [6.45, 7) is 5.01. The summed E-state index contributed by atoms with van der Waals surface area (Å²) < 4.78 is 0. The normalized spacial score (nSPS) is 12.3. The van der Waals surface area contributed by atoms with Crippen LogP contribution in [0.15, 0.2) is 11.1 Å². The predicted octanol–water partition coefficient (Wildman–Crippen LogP) is 1.57. The van der Waals surface area contributed by atoms with Gasteiger partial charge in [0.25, 0.3) is 0 Å². The van der Waals surface area contributed by atoms with Crippen LogP contribution in [0, 0.1) is 0 Å². The zero-order chi connectivity index (χ0) is 11.0.